The van der Waals surface area contributed by atoms with Gasteiger partial charge in [0.1, 0.15) is 0 Å². The van der Waals surface area contributed by atoms with Crippen molar-refractivity contribution < 1.29 is 22.1 Å². The van der Waals surface area contributed by atoms with Gasteiger partial charge in [-0.3, -0.25) is 18.5 Å². The van der Waals surface area contributed by atoms with E-state index in [1.807, 2.05) is 60.7 Å². The molecule has 0 amide bonds. The fraction of sp³-hybridized carbons (Fsp3) is 0.333. The van der Waals surface area contributed by atoms with Gasteiger partial charge in [0.15, 0.2) is 5.60 Å². The molecule has 0 aliphatic heterocycles. The van der Waals surface area contributed by atoms with E-state index in [9.17, 15) is 18.0 Å². The minimum Gasteiger partial charge on any atom is -0.374 e. The number of aryl methyl sites for hydroxylation is 1. The molecule has 0 bridgehead atoms. The fourth-order valence-corrected chi connectivity index (χ4v) is 4.22. The highest BCUT2D eigenvalue weighted by molar-refractivity contribution is 7.86. The number of aromatic nitrogens is 2. The molecular weight excluding hydrogens is 460 g/mol. The number of rotatable bonds is 12. The first-order chi connectivity index (χ1) is 16.2. The van der Waals surface area contributed by atoms with Crippen LogP contribution in [0.2, 0.25) is 0 Å². The predicted octanol–water partition coefficient (Wildman–Crippen LogP) is 1.99. The molecule has 2 aromatic carbocycles. The quantitative estimate of drug-likeness (QED) is 0.388. The number of H-pyrrole nitrogens is 1. The lowest BCUT2D eigenvalue weighted by Crippen LogP contribution is -2.50. The average molecular weight is 489 g/mol. The molecule has 3 rings (SSSR count). The smallest absolute Gasteiger partial charge is 0.328 e. The van der Waals surface area contributed by atoms with Gasteiger partial charge in [0.2, 0.25) is 0 Å². The van der Waals surface area contributed by atoms with Crippen LogP contribution in [0, 0.1) is 6.92 Å². The molecule has 34 heavy (non-hydrogen) atoms. The number of nitrogens with zero attached hydrogens (tertiary/aromatic N) is 1. The molecule has 9 nitrogen and oxygen atoms in total. The van der Waals surface area contributed by atoms with Crippen LogP contribution < -0.4 is 11.2 Å². The molecule has 0 fully saturated rings. The van der Waals surface area contributed by atoms with Crippen molar-refractivity contribution in [3.05, 3.63) is 104 Å². The molecule has 0 radical (unpaired) electrons. The van der Waals surface area contributed by atoms with Gasteiger partial charge in [-0.25, -0.2) is 4.79 Å². The lowest BCUT2D eigenvalue weighted by atomic mass is 10.1. The normalized spacial score (nSPS) is 12.1. The SMILES string of the molecule is Cc1cn(CC(COCc2ccccc2)(COCc2ccccc2)OS(C)(=O)=O)c(=O)[nH]c1=O. The Hall–Kier alpha value is -3.05. The van der Waals surface area contributed by atoms with E-state index in [2.05, 4.69) is 4.98 Å². The highest BCUT2D eigenvalue weighted by Gasteiger charge is 2.37. The summed E-state index contributed by atoms with van der Waals surface area (Å²) in [6, 6.07) is 18.7. The van der Waals surface area contributed by atoms with E-state index in [0.29, 0.717) is 5.56 Å². The average Bonchev–Trinajstić information content (AvgIpc) is 2.78. The summed E-state index contributed by atoms with van der Waals surface area (Å²) in [5, 5.41) is 0. The Bertz CT molecular complexity index is 1240. The number of ether oxygens (including phenoxy) is 2. The lowest BCUT2D eigenvalue weighted by molar-refractivity contribution is -0.0919. The van der Waals surface area contributed by atoms with Gasteiger partial charge in [0.25, 0.3) is 15.7 Å². The molecule has 1 aromatic heterocycles. The van der Waals surface area contributed by atoms with Crippen molar-refractivity contribution in [3.8, 4) is 0 Å². The number of aromatic amines is 1. The molecule has 3 aromatic rings. The molecule has 0 spiro atoms. The molecular formula is C24H28N2O7S. The molecule has 1 heterocycles. The van der Waals surface area contributed by atoms with Crippen molar-refractivity contribution in [2.75, 3.05) is 19.5 Å². The highest BCUT2D eigenvalue weighted by atomic mass is 32.2. The standard InChI is InChI=1S/C24H28N2O7S/c1-19-13-26(23(28)25-22(19)27)16-24(33-34(2,29)30,17-31-14-20-9-5-3-6-10-20)18-32-15-21-11-7-4-8-12-21/h3-13H,14-18H2,1-2H3,(H,25,27,28). The van der Waals surface area contributed by atoms with Crippen molar-refractivity contribution >= 4 is 10.1 Å². The van der Waals surface area contributed by atoms with Crippen LogP contribution in [0.1, 0.15) is 16.7 Å². The zero-order valence-electron chi connectivity index (χ0n) is 19.1. The van der Waals surface area contributed by atoms with Crippen LogP contribution in [-0.4, -0.2) is 43.0 Å². The van der Waals surface area contributed by atoms with Crippen molar-refractivity contribution in [2.24, 2.45) is 0 Å². The maximum absolute atomic E-state index is 12.4. The Labute approximate surface area is 198 Å². The molecule has 0 saturated carbocycles. The minimum absolute atomic E-state index is 0.186. The van der Waals surface area contributed by atoms with Gasteiger partial charge in [-0.15, -0.1) is 0 Å². The molecule has 0 atom stereocenters. The third-order valence-electron chi connectivity index (χ3n) is 4.93. The summed E-state index contributed by atoms with van der Waals surface area (Å²) in [6.07, 6.45) is 2.28. The Morgan fingerprint density at radius 1 is 0.882 bits per heavy atom. The molecule has 0 aliphatic rings. The van der Waals surface area contributed by atoms with E-state index in [0.717, 1.165) is 17.4 Å². The summed E-state index contributed by atoms with van der Waals surface area (Å²) in [7, 11) is -3.97. The summed E-state index contributed by atoms with van der Waals surface area (Å²) in [4.78, 5) is 26.5. The fourth-order valence-electron chi connectivity index (χ4n) is 3.43. The molecule has 0 unspecified atom stereocenters. The number of hydrogen-bond acceptors (Lipinski definition) is 7. The lowest BCUT2D eigenvalue weighted by Gasteiger charge is -2.32. The summed E-state index contributed by atoms with van der Waals surface area (Å²) in [6.45, 7) is 1.36. The van der Waals surface area contributed by atoms with Crippen LogP contribution in [0.3, 0.4) is 0 Å². The van der Waals surface area contributed by atoms with E-state index < -0.39 is 27.0 Å². The number of hydrogen-bond donors (Lipinski definition) is 1. The first kappa shape index (κ1) is 25.6. The van der Waals surface area contributed by atoms with Crippen LogP contribution >= 0.6 is 0 Å². The predicted molar refractivity (Wildman–Crippen MR) is 127 cm³/mol. The van der Waals surface area contributed by atoms with Gasteiger partial charge >= 0.3 is 5.69 Å². The van der Waals surface area contributed by atoms with Crippen molar-refractivity contribution in [1.82, 2.24) is 9.55 Å². The van der Waals surface area contributed by atoms with Crippen LogP contribution in [0.4, 0.5) is 0 Å². The Balaban J connectivity index is 1.89. The summed E-state index contributed by atoms with van der Waals surface area (Å²) in [5.41, 5.74) is -0.704. The highest BCUT2D eigenvalue weighted by Crippen LogP contribution is 2.20. The second-order valence-electron chi connectivity index (χ2n) is 8.13. The Kier molecular flexibility index (Phi) is 8.56. The molecule has 182 valence electrons. The first-order valence-electron chi connectivity index (χ1n) is 10.6. The molecule has 1 N–H and O–H groups in total. The molecule has 0 aliphatic carbocycles. The van der Waals surface area contributed by atoms with Crippen LogP contribution in [0.25, 0.3) is 0 Å². The van der Waals surface area contributed by atoms with Crippen LogP contribution in [0.15, 0.2) is 76.4 Å². The zero-order chi connectivity index (χ0) is 24.6. The van der Waals surface area contributed by atoms with Gasteiger partial charge < -0.3 is 9.47 Å². The Morgan fingerprint density at radius 3 is 1.85 bits per heavy atom. The largest absolute Gasteiger partial charge is 0.374 e. The van der Waals surface area contributed by atoms with Gasteiger partial charge in [-0.1, -0.05) is 60.7 Å². The zero-order valence-corrected chi connectivity index (χ0v) is 19.9. The van der Waals surface area contributed by atoms with Crippen LogP contribution in [0.5, 0.6) is 0 Å². The monoisotopic (exact) mass is 488 g/mol. The molecule has 10 heteroatoms. The second-order valence-corrected chi connectivity index (χ2v) is 9.70. The van der Waals surface area contributed by atoms with Crippen LogP contribution in [-0.2, 0) is 43.5 Å². The maximum atomic E-state index is 12.4. The summed E-state index contributed by atoms with van der Waals surface area (Å²) in [5.74, 6) is 0. The first-order valence-corrected chi connectivity index (χ1v) is 12.4. The summed E-state index contributed by atoms with van der Waals surface area (Å²) >= 11 is 0. The van der Waals surface area contributed by atoms with Crippen molar-refractivity contribution in [1.29, 1.82) is 0 Å². The second kappa shape index (κ2) is 11.4. The van der Waals surface area contributed by atoms with E-state index in [1.165, 1.54) is 10.8 Å². The molecule has 0 saturated heterocycles. The van der Waals surface area contributed by atoms with E-state index >= 15 is 0 Å². The minimum atomic E-state index is -3.97. The summed E-state index contributed by atoms with van der Waals surface area (Å²) < 4.78 is 42.8. The maximum Gasteiger partial charge on any atom is 0.328 e. The van der Waals surface area contributed by atoms with Crippen molar-refractivity contribution in [3.63, 3.8) is 0 Å². The van der Waals surface area contributed by atoms with E-state index in [-0.39, 0.29) is 33.0 Å². The Morgan fingerprint density at radius 2 is 1.38 bits per heavy atom. The van der Waals surface area contributed by atoms with Gasteiger partial charge in [0.05, 0.1) is 39.2 Å². The third kappa shape index (κ3) is 7.77. The number of nitrogens with one attached hydrogen (secondary N) is 1. The van der Waals surface area contributed by atoms with E-state index in [4.69, 9.17) is 13.7 Å². The number of benzene rings is 2. The van der Waals surface area contributed by atoms with Gasteiger partial charge in [-0.2, -0.15) is 8.42 Å². The van der Waals surface area contributed by atoms with Crippen molar-refractivity contribution in [2.45, 2.75) is 32.3 Å². The third-order valence-corrected chi connectivity index (χ3v) is 5.59. The van der Waals surface area contributed by atoms with Gasteiger partial charge in [-0.05, 0) is 18.1 Å². The van der Waals surface area contributed by atoms with Gasteiger partial charge in [0, 0.05) is 11.8 Å². The van der Waals surface area contributed by atoms with E-state index in [1.54, 1.807) is 6.92 Å². The topological polar surface area (TPSA) is 117 Å².